The molecule has 0 aliphatic carbocycles. The van der Waals surface area contributed by atoms with E-state index in [1.165, 1.54) is 11.3 Å². The Morgan fingerprint density at radius 2 is 1.93 bits per heavy atom. The standard InChI is InChI=1S/C21H27NO5S/c1-4-5-6-7-15(21(24)25)10-17(23)12-16-13-28-20(22-16)14-8-9-18(26-2)19(11-14)27-3/h8-9,11,13,15H,4-7,10,12H2,1-3H3,(H,24,25). The fourth-order valence-electron chi connectivity index (χ4n) is 2.99. The van der Waals surface area contributed by atoms with Crippen LogP contribution in [-0.2, 0) is 16.0 Å². The zero-order chi connectivity index (χ0) is 20.5. The number of ether oxygens (including phenoxy) is 2. The number of methoxy groups -OCH3 is 2. The van der Waals surface area contributed by atoms with Crippen molar-refractivity contribution in [2.45, 2.75) is 45.4 Å². The minimum absolute atomic E-state index is 0.0578. The van der Waals surface area contributed by atoms with Gasteiger partial charge in [-0.1, -0.05) is 26.2 Å². The van der Waals surface area contributed by atoms with E-state index >= 15 is 0 Å². The number of hydrogen-bond acceptors (Lipinski definition) is 6. The van der Waals surface area contributed by atoms with E-state index in [4.69, 9.17) is 9.47 Å². The Balaban J connectivity index is 2.01. The molecule has 1 aromatic carbocycles. The molecule has 0 bridgehead atoms. The lowest BCUT2D eigenvalue weighted by atomic mass is 9.94. The van der Waals surface area contributed by atoms with Gasteiger partial charge in [-0.25, -0.2) is 4.98 Å². The lowest BCUT2D eigenvalue weighted by Crippen LogP contribution is -2.19. The molecule has 0 saturated carbocycles. The van der Waals surface area contributed by atoms with Gasteiger partial charge in [-0.2, -0.15) is 0 Å². The van der Waals surface area contributed by atoms with Gasteiger partial charge in [0, 0.05) is 23.8 Å². The summed E-state index contributed by atoms with van der Waals surface area (Å²) in [5, 5.41) is 12.0. The number of carbonyl (C=O) groups excluding carboxylic acids is 1. The Morgan fingerprint density at radius 3 is 2.57 bits per heavy atom. The van der Waals surface area contributed by atoms with Gasteiger partial charge in [0.2, 0.25) is 0 Å². The number of ketones is 1. The van der Waals surface area contributed by atoms with Gasteiger partial charge in [-0.05, 0) is 24.6 Å². The molecule has 152 valence electrons. The van der Waals surface area contributed by atoms with E-state index in [0.29, 0.717) is 23.6 Å². The fraction of sp³-hybridized carbons (Fsp3) is 0.476. The quantitative estimate of drug-likeness (QED) is 0.519. The van der Waals surface area contributed by atoms with Gasteiger partial charge in [0.15, 0.2) is 11.5 Å². The van der Waals surface area contributed by atoms with Crippen LogP contribution < -0.4 is 9.47 Å². The van der Waals surface area contributed by atoms with Crippen molar-refractivity contribution in [1.29, 1.82) is 0 Å². The van der Waals surface area contributed by atoms with E-state index in [-0.39, 0.29) is 18.6 Å². The van der Waals surface area contributed by atoms with Crippen molar-refractivity contribution >= 4 is 23.1 Å². The van der Waals surface area contributed by atoms with E-state index in [9.17, 15) is 14.7 Å². The predicted molar refractivity (Wildman–Crippen MR) is 109 cm³/mol. The maximum Gasteiger partial charge on any atom is 0.306 e. The Kier molecular flexibility index (Phi) is 8.44. The highest BCUT2D eigenvalue weighted by molar-refractivity contribution is 7.13. The van der Waals surface area contributed by atoms with Crippen molar-refractivity contribution in [2.24, 2.45) is 5.92 Å². The SMILES string of the molecule is CCCCCC(CC(=O)Cc1csc(-c2ccc(OC)c(OC)c2)n1)C(=O)O. The summed E-state index contributed by atoms with van der Waals surface area (Å²) in [6.45, 7) is 2.07. The number of aliphatic carboxylic acids is 1. The Bertz CT molecular complexity index is 802. The zero-order valence-electron chi connectivity index (χ0n) is 16.6. The molecule has 2 rings (SSSR count). The van der Waals surface area contributed by atoms with Gasteiger partial charge in [0.05, 0.1) is 25.8 Å². The van der Waals surface area contributed by atoms with E-state index in [1.54, 1.807) is 14.2 Å². The third-order valence-corrected chi connectivity index (χ3v) is 5.48. The van der Waals surface area contributed by atoms with Crippen LogP contribution in [0, 0.1) is 5.92 Å². The molecular weight excluding hydrogens is 378 g/mol. The van der Waals surface area contributed by atoms with Gasteiger partial charge >= 0.3 is 5.97 Å². The molecule has 6 nitrogen and oxygen atoms in total. The summed E-state index contributed by atoms with van der Waals surface area (Å²) in [5.41, 5.74) is 1.54. The van der Waals surface area contributed by atoms with Crippen molar-refractivity contribution in [1.82, 2.24) is 4.98 Å². The van der Waals surface area contributed by atoms with E-state index < -0.39 is 11.9 Å². The molecule has 0 aliphatic rings. The van der Waals surface area contributed by atoms with Crippen LogP contribution in [0.15, 0.2) is 23.6 Å². The summed E-state index contributed by atoms with van der Waals surface area (Å²) in [4.78, 5) is 28.3. The van der Waals surface area contributed by atoms with Crippen molar-refractivity contribution in [3.8, 4) is 22.1 Å². The highest BCUT2D eigenvalue weighted by atomic mass is 32.1. The molecular formula is C21H27NO5S. The van der Waals surface area contributed by atoms with Gasteiger partial charge in [-0.3, -0.25) is 9.59 Å². The summed E-state index contributed by atoms with van der Waals surface area (Å²) in [6.07, 6.45) is 3.60. The van der Waals surface area contributed by atoms with Gasteiger partial charge in [-0.15, -0.1) is 11.3 Å². The van der Waals surface area contributed by atoms with Crippen LogP contribution in [0.3, 0.4) is 0 Å². The van der Waals surface area contributed by atoms with Crippen molar-refractivity contribution in [3.63, 3.8) is 0 Å². The number of rotatable bonds is 12. The minimum Gasteiger partial charge on any atom is -0.493 e. The molecule has 0 amide bonds. The molecule has 1 unspecified atom stereocenters. The van der Waals surface area contributed by atoms with Crippen LogP contribution in [0.5, 0.6) is 11.5 Å². The topological polar surface area (TPSA) is 85.7 Å². The summed E-state index contributed by atoms with van der Waals surface area (Å²) in [7, 11) is 3.16. The van der Waals surface area contributed by atoms with Crippen molar-refractivity contribution in [2.75, 3.05) is 14.2 Å². The first kappa shape index (κ1) is 21.9. The van der Waals surface area contributed by atoms with Crippen molar-refractivity contribution in [3.05, 3.63) is 29.3 Å². The Hall–Kier alpha value is -2.41. The number of hydrogen-bond donors (Lipinski definition) is 1. The smallest absolute Gasteiger partial charge is 0.306 e. The first-order chi connectivity index (χ1) is 13.5. The third kappa shape index (κ3) is 6.05. The van der Waals surface area contributed by atoms with Crippen LogP contribution in [0.2, 0.25) is 0 Å². The second-order valence-electron chi connectivity index (χ2n) is 6.66. The second kappa shape index (κ2) is 10.8. The number of carbonyl (C=O) groups is 2. The van der Waals surface area contributed by atoms with Crippen LogP contribution in [0.4, 0.5) is 0 Å². The highest BCUT2D eigenvalue weighted by Crippen LogP contribution is 2.33. The second-order valence-corrected chi connectivity index (χ2v) is 7.52. The van der Waals surface area contributed by atoms with E-state index in [0.717, 1.165) is 29.8 Å². The third-order valence-electron chi connectivity index (χ3n) is 4.54. The number of nitrogens with zero attached hydrogens (tertiary/aromatic N) is 1. The fourth-order valence-corrected chi connectivity index (χ4v) is 3.81. The molecule has 28 heavy (non-hydrogen) atoms. The number of Topliss-reactive ketones (excluding diaryl/α,β-unsaturated/α-hetero) is 1. The first-order valence-electron chi connectivity index (χ1n) is 9.39. The first-order valence-corrected chi connectivity index (χ1v) is 10.3. The lowest BCUT2D eigenvalue weighted by molar-refractivity contribution is -0.144. The monoisotopic (exact) mass is 405 g/mol. The normalized spacial score (nSPS) is 11.8. The molecule has 0 fully saturated rings. The van der Waals surface area contributed by atoms with Crippen LogP contribution in [0.1, 0.15) is 44.7 Å². The molecule has 2 aromatic rings. The zero-order valence-corrected chi connectivity index (χ0v) is 17.4. The molecule has 1 aromatic heterocycles. The largest absolute Gasteiger partial charge is 0.493 e. The molecule has 0 spiro atoms. The molecule has 1 heterocycles. The number of carboxylic acid groups (broad SMARTS) is 1. The van der Waals surface area contributed by atoms with Gasteiger partial charge < -0.3 is 14.6 Å². The summed E-state index contributed by atoms with van der Waals surface area (Å²) < 4.78 is 10.6. The average molecular weight is 406 g/mol. The molecule has 0 saturated heterocycles. The lowest BCUT2D eigenvalue weighted by Gasteiger charge is -2.10. The number of thiazole rings is 1. The number of carboxylic acids is 1. The Morgan fingerprint density at radius 1 is 1.18 bits per heavy atom. The van der Waals surface area contributed by atoms with Crippen molar-refractivity contribution < 1.29 is 24.2 Å². The molecule has 1 N–H and O–H groups in total. The minimum atomic E-state index is -0.895. The summed E-state index contributed by atoms with van der Waals surface area (Å²) in [6, 6.07) is 5.55. The van der Waals surface area contributed by atoms with Crippen LogP contribution in [-0.4, -0.2) is 36.1 Å². The highest BCUT2D eigenvalue weighted by Gasteiger charge is 2.21. The molecule has 7 heteroatoms. The maximum atomic E-state index is 12.4. The van der Waals surface area contributed by atoms with Gasteiger partial charge in [0.1, 0.15) is 10.8 Å². The molecule has 1 atom stereocenters. The Labute approximate surface area is 169 Å². The predicted octanol–water partition coefficient (Wildman–Crippen LogP) is 4.61. The van der Waals surface area contributed by atoms with Gasteiger partial charge in [0.25, 0.3) is 0 Å². The summed E-state index contributed by atoms with van der Waals surface area (Å²) in [5.74, 6) is -0.338. The summed E-state index contributed by atoms with van der Waals surface area (Å²) >= 11 is 1.44. The number of unbranched alkanes of at least 4 members (excludes halogenated alkanes) is 2. The molecule has 0 aliphatic heterocycles. The van der Waals surface area contributed by atoms with E-state index in [1.807, 2.05) is 23.6 Å². The number of benzene rings is 1. The van der Waals surface area contributed by atoms with Crippen LogP contribution >= 0.6 is 11.3 Å². The number of aromatic nitrogens is 1. The maximum absolute atomic E-state index is 12.4. The average Bonchev–Trinajstić information content (AvgIpc) is 3.14. The van der Waals surface area contributed by atoms with Crippen LogP contribution in [0.25, 0.3) is 10.6 Å². The van der Waals surface area contributed by atoms with E-state index in [2.05, 4.69) is 11.9 Å². The molecule has 0 radical (unpaired) electrons.